The van der Waals surface area contributed by atoms with Gasteiger partial charge in [0.1, 0.15) is 11.4 Å². The number of hydrogen-bond acceptors (Lipinski definition) is 5. The molecule has 2 N–H and O–H groups in total. The zero-order valence-corrected chi connectivity index (χ0v) is 19.9. The van der Waals surface area contributed by atoms with E-state index in [1.807, 2.05) is 20.8 Å². The van der Waals surface area contributed by atoms with E-state index in [0.717, 1.165) is 11.1 Å². The molecule has 2 aromatic carbocycles. The summed E-state index contributed by atoms with van der Waals surface area (Å²) in [5, 5.41) is 12.5. The number of carbonyl (C=O) groups excluding carboxylic acids is 1. The Bertz CT molecular complexity index is 998. The molecule has 0 saturated heterocycles. The molecule has 0 aliphatic heterocycles. The number of benzene rings is 2. The molecule has 0 heterocycles. The molecule has 0 unspecified atom stereocenters. The molecule has 0 aromatic heterocycles. The van der Waals surface area contributed by atoms with Gasteiger partial charge in [-0.2, -0.15) is 0 Å². The highest BCUT2D eigenvalue weighted by Crippen LogP contribution is 2.37. The third-order valence-corrected chi connectivity index (χ3v) is 5.32. The lowest BCUT2D eigenvalue weighted by Gasteiger charge is -2.13. The van der Waals surface area contributed by atoms with Crippen LogP contribution in [-0.4, -0.2) is 37.3 Å². The van der Waals surface area contributed by atoms with Gasteiger partial charge >= 0.3 is 5.97 Å². The summed E-state index contributed by atoms with van der Waals surface area (Å²) >= 11 is 9.51. The minimum atomic E-state index is -1.30. The molecule has 0 spiro atoms. The van der Waals surface area contributed by atoms with Gasteiger partial charge in [-0.25, -0.2) is 4.79 Å². The van der Waals surface area contributed by atoms with Crippen LogP contribution in [0.5, 0.6) is 17.2 Å². The Balaban J connectivity index is 2.17. The number of nitrogens with one attached hydrogen (secondary N) is 1. The predicted octanol–water partition coefficient (Wildman–Crippen LogP) is 4.75. The van der Waals surface area contributed by atoms with Gasteiger partial charge in [-0.05, 0) is 83.7 Å². The van der Waals surface area contributed by atoms with Crippen LogP contribution in [0.4, 0.5) is 0 Å². The monoisotopic (exact) mass is 511 g/mol. The number of hydrogen-bond donors (Lipinski definition) is 2. The molecule has 0 atom stereocenters. The van der Waals surface area contributed by atoms with Crippen LogP contribution in [0.1, 0.15) is 23.6 Å². The number of carboxylic acid groups (broad SMARTS) is 1. The van der Waals surface area contributed by atoms with E-state index in [1.165, 1.54) is 13.2 Å². The van der Waals surface area contributed by atoms with E-state index in [4.69, 9.17) is 25.8 Å². The van der Waals surface area contributed by atoms with Crippen molar-refractivity contribution >= 4 is 45.5 Å². The molecule has 7 nitrogen and oxygen atoms in total. The SMILES string of the molecule is CCOc1c(Br)cc(/C=C(/NC(=O)COc2cc(C)c(Cl)c(C)c2)C(=O)O)cc1OC. The van der Waals surface area contributed by atoms with Crippen LogP contribution in [-0.2, 0) is 9.59 Å². The van der Waals surface area contributed by atoms with Gasteiger partial charge in [0.2, 0.25) is 0 Å². The number of halogens is 2. The summed E-state index contributed by atoms with van der Waals surface area (Å²) < 4.78 is 16.9. The quantitative estimate of drug-likeness (QED) is 0.471. The van der Waals surface area contributed by atoms with Crippen LogP contribution in [0.3, 0.4) is 0 Å². The normalized spacial score (nSPS) is 11.1. The molecule has 2 rings (SSSR count). The molecule has 0 aliphatic carbocycles. The first-order valence-corrected chi connectivity index (χ1v) is 10.5. The molecular weight excluding hydrogens is 490 g/mol. The van der Waals surface area contributed by atoms with Crippen molar-refractivity contribution in [1.29, 1.82) is 0 Å². The second-order valence-corrected chi connectivity index (χ2v) is 7.77. The number of rotatable bonds is 9. The Morgan fingerprint density at radius 1 is 1.16 bits per heavy atom. The summed E-state index contributed by atoms with van der Waals surface area (Å²) in [5.41, 5.74) is 1.82. The molecule has 0 fully saturated rings. The molecule has 0 aliphatic rings. The van der Waals surface area contributed by atoms with Gasteiger partial charge < -0.3 is 24.6 Å². The van der Waals surface area contributed by atoms with Crippen molar-refractivity contribution < 1.29 is 28.9 Å². The average Bonchev–Trinajstić information content (AvgIpc) is 2.71. The van der Waals surface area contributed by atoms with Gasteiger partial charge in [0.25, 0.3) is 5.91 Å². The summed E-state index contributed by atoms with van der Waals surface area (Å²) in [4.78, 5) is 23.9. The number of aryl methyl sites for hydroxylation is 2. The lowest BCUT2D eigenvalue weighted by atomic mass is 10.1. The maximum atomic E-state index is 12.3. The number of amides is 1. The van der Waals surface area contributed by atoms with Gasteiger partial charge in [-0.15, -0.1) is 0 Å². The fraction of sp³-hybridized carbons (Fsp3) is 0.273. The molecule has 0 bridgehead atoms. The van der Waals surface area contributed by atoms with Crippen molar-refractivity contribution in [1.82, 2.24) is 5.32 Å². The Hall–Kier alpha value is -2.71. The van der Waals surface area contributed by atoms with E-state index in [2.05, 4.69) is 21.2 Å². The Morgan fingerprint density at radius 3 is 2.35 bits per heavy atom. The van der Waals surface area contributed by atoms with E-state index in [-0.39, 0.29) is 12.3 Å². The Morgan fingerprint density at radius 2 is 1.81 bits per heavy atom. The zero-order chi connectivity index (χ0) is 23.1. The van der Waals surface area contributed by atoms with Crippen LogP contribution in [0, 0.1) is 13.8 Å². The van der Waals surface area contributed by atoms with Crippen molar-refractivity contribution in [3.05, 3.63) is 56.1 Å². The smallest absolute Gasteiger partial charge is 0.352 e. The lowest BCUT2D eigenvalue weighted by molar-refractivity contribution is -0.134. The largest absolute Gasteiger partial charge is 0.493 e. The van der Waals surface area contributed by atoms with E-state index >= 15 is 0 Å². The van der Waals surface area contributed by atoms with Crippen LogP contribution in [0.15, 0.2) is 34.4 Å². The van der Waals surface area contributed by atoms with Crippen LogP contribution < -0.4 is 19.5 Å². The molecule has 31 heavy (non-hydrogen) atoms. The molecule has 1 amide bonds. The Kier molecular flexibility index (Phi) is 8.76. The highest BCUT2D eigenvalue weighted by atomic mass is 79.9. The van der Waals surface area contributed by atoms with E-state index in [9.17, 15) is 14.7 Å². The molecule has 0 radical (unpaired) electrons. The minimum absolute atomic E-state index is 0.310. The number of methoxy groups -OCH3 is 1. The number of carbonyl (C=O) groups is 2. The molecule has 2 aromatic rings. The lowest BCUT2D eigenvalue weighted by Crippen LogP contribution is -2.31. The maximum absolute atomic E-state index is 12.3. The fourth-order valence-corrected chi connectivity index (χ4v) is 3.43. The third-order valence-electron chi connectivity index (χ3n) is 4.14. The van der Waals surface area contributed by atoms with Crippen LogP contribution in [0.2, 0.25) is 5.02 Å². The first kappa shape index (κ1) is 24.6. The summed E-state index contributed by atoms with van der Waals surface area (Å²) in [6.45, 7) is 5.58. The van der Waals surface area contributed by atoms with Crippen molar-refractivity contribution in [2.45, 2.75) is 20.8 Å². The molecule has 9 heteroatoms. The molecule has 0 saturated carbocycles. The standard InChI is InChI=1S/C22H23BrClNO6/c1-5-30-21-16(23)8-14(10-18(21)29-4)9-17(22(27)28)25-19(26)11-31-15-6-12(2)20(24)13(3)7-15/h6-10H,5,11H2,1-4H3,(H,25,26)(H,27,28)/b17-9+. The number of aliphatic carboxylic acids is 1. The van der Waals surface area contributed by atoms with E-state index in [1.54, 1.807) is 24.3 Å². The van der Waals surface area contributed by atoms with E-state index in [0.29, 0.717) is 38.9 Å². The molecular formula is C22H23BrClNO6. The zero-order valence-electron chi connectivity index (χ0n) is 17.5. The second-order valence-electron chi connectivity index (χ2n) is 6.54. The number of carboxylic acids is 1. The number of ether oxygens (including phenoxy) is 3. The highest BCUT2D eigenvalue weighted by molar-refractivity contribution is 9.10. The first-order chi connectivity index (χ1) is 14.7. The van der Waals surface area contributed by atoms with Crippen LogP contribution in [0.25, 0.3) is 6.08 Å². The van der Waals surface area contributed by atoms with Crippen molar-refractivity contribution in [3.8, 4) is 17.2 Å². The fourth-order valence-electron chi connectivity index (χ4n) is 2.75. The predicted molar refractivity (Wildman–Crippen MR) is 122 cm³/mol. The van der Waals surface area contributed by atoms with Gasteiger partial charge in [0.15, 0.2) is 18.1 Å². The first-order valence-electron chi connectivity index (χ1n) is 9.31. The summed E-state index contributed by atoms with van der Waals surface area (Å²) in [6, 6.07) is 6.69. The highest BCUT2D eigenvalue weighted by Gasteiger charge is 2.15. The minimum Gasteiger partial charge on any atom is -0.493 e. The van der Waals surface area contributed by atoms with Crippen molar-refractivity contribution in [2.24, 2.45) is 0 Å². The van der Waals surface area contributed by atoms with Crippen molar-refractivity contribution in [2.75, 3.05) is 20.3 Å². The second kappa shape index (κ2) is 11.1. The van der Waals surface area contributed by atoms with Gasteiger partial charge in [-0.1, -0.05) is 11.6 Å². The summed E-state index contributed by atoms with van der Waals surface area (Å²) in [6.07, 6.45) is 1.32. The van der Waals surface area contributed by atoms with Gasteiger partial charge in [0.05, 0.1) is 18.2 Å². The average molecular weight is 513 g/mol. The van der Waals surface area contributed by atoms with Gasteiger partial charge in [0, 0.05) is 5.02 Å². The molecule has 166 valence electrons. The third kappa shape index (κ3) is 6.63. The van der Waals surface area contributed by atoms with Crippen LogP contribution >= 0.6 is 27.5 Å². The summed E-state index contributed by atoms with van der Waals surface area (Å²) in [7, 11) is 1.48. The maximum Gasteiger partial charge on any atom is 0.352 e. The topological polar surface area (TPSA) is 94.1 Å². The van der Waals surface area contributed by atoms with Gasteiger partial charge in [-0.3, -0.25) is 4.79 Å². The van der Waals surface area contributed by atoms with Crippen molar-refractivity contribution in [3.63, 3.8) is 0 Å². The van der Waals surface area contributed by atoms with E-state index < -0.39 is 11.9 Å². The Labute approximate surface area is 194 Å². The summed E-state index contributed by atoms with van der Waals surface area (Å²) in [5.74, 6) is -0.512.